The van der Waals surface area contributed by atoms with Crippen molar-refractivity contribution in [1.82, 2.24) is 24.6 Å². The lowest BCUT2D eigenvalue weighted by Crippen LogP contribution is -2.54. The van der Waals surface area contributed by atoms with E-state index in [-0.39, 0.29) is 17.8 Å². The fraction of sp³-hybridized carbons (Fsp3) is 0.542. The molecular formula is C24H27Cl2F3N6O. The molecular weight excluding hydrogens is 516 g/mol. The Labute approximate surface area is 216 Å². The number of anilines is 1. The van der Waals surface area contributed by atoms with Crippen LogP contribution in [-0.2, 0) is 6.18 Å². The first-order valence-corrected chi connectivity index (χ1v) is 12.8. The number of fused-ring (bicyclic) bond motifs is 1. The Morgan fingerprint density at radius 1 is 1.17 bits per heavy atom. The van der Waals surface area contributed by atoms with E-state index in [1.54, 1.807) is 25.1 Å². The summed E-state index contributed by atoms with van der Waals surface area (Å²) in [5.41, 5.74) is -0.706. The summed E-state index contributed by atoms with van der Waals surface area (Å²) in [4.78, 5) is 13.1. The van der Waals surface area contributed by atoms with Gasteiger partial charge < -0.3 is 14.9 Å². The molecule has 7 nitrogen and oxygen atoms in total. The molecule has 5 rings (SSSR count). The highest BCUT2D eigenvalue weighted by atomic mass is 35.5. The van der Waals surface area contributed by atoms with Gasteiger partial charge in [-0.1, -0.05) is 29.3 Å². The maximum atomic E-state index is 13.8. The number of benzene rings is 1. The molecule has 2 fully saturated rings. The van der Waals surface area contributed by atoms with E-state index in [9.17, 15) is 18.3 Å². The lowest BCUT2D eigenvalue weighted by molar-refractivity contribution is -0.140. The Hall–Kier alpha value is -2.14. The molecule has 0 aliphatic carbocycles. The molecule has 0 amide bonds. The number of aromatic nitrogens is 4. The Balaban J connectivity index is 1.42. The van der Waals surface area contributed by atoms with Crippen LogP contribution >= 0.6 is 23.2 Å². The van der Waals surface area contributed by atoms with Crippen LogP contribution in [-0.4, -0.2) is 69.1 Å². The van der Waals surface area contributed by atoms with Crippen molar-refractivity contribution in [2.75, 3.05) is 44.2 Å². The van der Waals surface area contributed by atoms with Gasteiger partial charge in [-0.3, -0.25) is 0 Å². The third-order valence-electron chi connectivity index (χ3n) is 7.30. The topological polar surface area (TPSA) is 70.3 Å². The van der Waals surface area contributed by atoms with Gasteiger partial charge in [0.15, 0.2) is 11.3 Å². The number of β-amino-alcohol motifs (C(OH)–C–C–N with tert-alkyl or cyclic N) is 1. The highest BCUT2D eigenvalue weighted by Gasteiger charge is 2.40. The minimum atomic E-state index is -4.67. The Morgan fingerprint density at radius 3 is 2.64 bits per heavy atom. The molecule has 1 N–H and O–H groups in total. The molecule has 2 atom stereocenters. The van der Waals surface area contributed by atoms with Crippen molar-refractivity contribution in [1.29, 1.82) is 0 Å². The summed E-state index contributed by atoms with van der Waals surface area (Å²) < 4.78 is 42.6. The molecule has 2 saturated heterocycles. The van der Waals surface area contributed by atoms with Crippen LogP contribution in [0.1, 0.15) is 37.1 Å². The molecule has 0 saturated carbocycles. The first-order valence-electron chi connectivity index (χ1n) is 12.0. The van der Waals surface area contributed by atoms with E-state index in [1.165, 1.54) is 10.9 Å². The second-order valence-corrected chi connectivity index (χ2v) is 10.5. The average molecular weight is 543 g/mol. The molecule has 4 heterocycles. The second kappa shape index (κ2) is 9.96. The van der Waals surface area contributed by atoms with E-state index in [4.69, 9.17) is 23.2 Å². The predicted octanol–water partition coefficient (Wildman–Crippen LogP) is 4.90. The molecule has 0 bridgehead atoms. The molecule has 12 heteroatoms. The van der Waals surface area contributed by atoms with Gasteiger partial charge in [-0.25, -0.2) is 14.6 Å². The van der Waals surface area contributed by atoms with E-state index in [2.05, 4.69) is 20.0 Å². The maximum absolute atomic E-state index is 13.8. The van der Waals surface area contributed by atoms with Crippen molar-refractivity contribution in [2.24, 2.45) is 11.8 Å². The van der Waals surface area contributed by atoms with Crippen LogP contribution < -0.4 is 4.90 Å². The van der Waals surface area contributed by atoms with Gasteiger partial charge in [0.2, 0.25) is 0 Å². The third-order valence-corrected chi connectivity index (χ3v) is 7.86. The van der Waals surface area contributed by atoms with Crippen molar-refractivity contribution in [3.8, 4) is 0 Å². The van der Waals surface area contributed by atoms with E-state index in [1.807, 2.05) is 4.90 Å². The summed E-state index contributed by atoms with van der Waals surface area (Å²) in [5, 5.41) is 13.9. The van der Waals surface area contributed by atoms with Crippen molar-refractivity contribution in [3.05, 3.63) is 45.7 Å². The van der Waals surface area contributed by atoms with Gasteiger partial charge in [0.05, 0.1) is 18.8 Å². The van der Waals surface area contributed by atoms with Gasteiger partial charge in [-0.15, -0.1) is 0 Å². The predicted molar refractivity (Wildman–Crippen MR) is 133 cm³/mol. The first-order chi connectivity index (χ1) is 17.2. The summed E-state index contributed by atoms with van der Waals surface area (Å²) in [6.45, 7) is 6.09. The highest BCUT2D eigenvalue weighted by molar-refractivity contribution is 6.35. The van der Waals surface area contributed by atoms with Gasteiger partial charge in [0, 0.05) is 36.2 Å². The van der Waals surface area contributed by atoms with E-state index < -0.39 is 17.9 Å². The van der Waals surface area contributed by atoms with Crippen LogP contribution in [0.5, 0.6) is 0 Å². The van der Waals surface area contributed by atoms with E-state index in [0.29, 0.717) is 39.8 Å². The third kappa shape index (κ3) is 4.88. The minimum Gasteiger partial charge on any atom is -0.395 e. The normalized spacial score (nSPS) is 20.6. The smallest absolute Gasteiger partial charge is 0.395 e. The number of piperidine rings is 1. The molecule has 2 aliphatic rings. The fourth-order valence-electron chi connectivity index (χ4n) is 5.30. The van der Waals surface area contributed by atoms with Crippen LogP contribution in [0.4, 0.5) is 19.0 Å². The van der Waals surface area contributed by atoms with Crippen LogP contribution in [0.3, 0.4) is 0 Å². The van der Waals surface area contributed by atoms with E-state index >= 15 is 0 Å². The fourth-order valence-corrected chi connectivity index (χ4v) is 5.87. The van der Waals surface area contributed by atoms with Crippen LogP contribution in [0.2, 0.25) is 10.0 Å². The van der Waals surface area contributed by atoms with Crippen molar-refractivity contribution >= 4 is 40.2 Å². The molecule has 2 aromatic heterocycles. The number of nitrogens with zero attached hydrogens (tertiary/aromatic N) is 6. The molecule has 3 aromatic rings. The number of hydrogen-bond donors (Lipinski definition) is 1. The minimum absolute atomic E-state index is 0.0635. The number of hydrogen-bond acceptors (Lipinski definition) is 6. The standard InChI is InChI=1S/C24H27Cl2F3N6O/c1-14(18-5-4-17(25)9-19(18)26)35-23-21(22(32-35)24(27,28)29)30-10-20(31-23)34-12-16(13-34)15-3-2-6-33(11-15)7-8-36/h4-5,9-10,14-16,36H,2-3,6-8,11-13H2,1H3/t14-,15-/m1/s1. The number of halogens is 5. The molecule has 2 aliphatic heterocycles. The first kappa shape index (κ1) is 25.5. The van der Waals surface area contributed by atoms with Gasteiger partial charge >= 0.3 is 6.18 Å². The van der Waals surface area contributed by atoms with Gasteiger partial charge in [-0.2, -0.15) is 18.3 Å². The zero-order chi connectivity index (χ0) is 25.6. The Bertz CT molecular complexity index is 1240. The molecule has 36 heavy (non-hydrogen) atoms. The SMILES string of the molecule is C[C@H](c1ccc(Cl)cc1Cl)n1nc(C(F)(F)F)c2ncc(N3CC([C@@H]4CCCN(CCO)C4)C3)nc21. The second-order valence-electron chi connectivity index (χ2n) is 9.62. The molecule has 194 valence electrons. The Kier molecular flexibility index (Phi) is 7.06. The average Bonchev–Trinajstić information content (AvgIpc) is 3.18. The molecule has 1 aromatic carbocycles. The number of alkyl halides is 3. The monoisotopic (exact) mass is 542 g/mol. The van der Waals surface area contributed by atoms with Crippen molar-refractivity contribution in [3.63, 3.8) is 0 Å². The number of rotatable bonds is 6. The lowest BCUT2D eigenvalue weighted by Gasteiger charge is -2.47. The summed E-state index contributed by atoms with van der Waals surface area (Å²) in [6, 6.07) is 4.24. The zero-order valence-corrected chi connectivity index (χ0v) is 21.2. The number of aliphatic hydroxyl groups is 1. The van der Waals surface area contributed by atoms with Gasteiger partial charge in [-0.05, 0) is 55.8 Å². The van der Waals surface area contributed by atoms with E-state index in [0.717, 1.165) is 39.0 Å². The molecule has 0 spiro atoms. The molecule has 0 radical (unpaired) electrons. The van der Waals surface area contributed by atoms with Crippen LogP contribution in [0, 0.1) is 11.8 Å². The van der Waals surface area contributed by atoms with Crippen molar-refractivity contribution < 1.29 is 18.3 Å². The van der Waals surface area contributed by atoms with Crippen LogP contribution in [0.15, 0.2) is 24.4 Å². The summed E-state index contributed by atoms with van der Waals surface area (Å²) in [5.74, 6) is 1.55. The Morgan fingerprint density at radius 2 is 1.94 bits per heavy atom. The van der Waals surface area contributed by atoms with Crippen molar-refractivity contribution in [2.45, 2.75) is 32.0 Å². The summed E-state index contributed by atoms with van der Waals surface area (Å²) in [7, 11) is 0. The maximum Gasteiger partial charge on any atom is 0.437 e. The largest absolute Gasteiger partial charge is 0.437 e. The number of likely N-dealkylation sites (tertiary alicyclic amines) is 1. The van der Waals surface area contributed by atoms with Gasteiger partial charge in [0.1, 0.15) is 11.3 Å². The molecule has 0 unspecified atom stereocenters. The highest BCUT2D eigenvalue weighted by Crippen LogP contribution is 2.38. The summed E-state index contributed by atoms with van der Waals surface area (Å²) >= 11 is 12.3. The summed E-state index contributed by atoms with van der Waals surface area (Å²) in [6.07, 6.45) is -1.02. The lowest BCUT2D eigenvalue weighted by atomic mass is 9.80. The number of aliphatic hydroxyl groups excluding tert-OH is 1. The van der Waals surface area contributed by atoms with Crippen LogP contribution in [0.25, 0.3) is 11.2 Å². The van der Waals surface area contributed by atoms with Gasteiger partial charge in [0.25, 0.3) is 0 Å². The zero-order valence-electron chi connectivity index (χ0n) is 19.7. The quantitative estimate of drug-likeness (QED) is 0.477.